The number of sulfonamides is 1. The Kier molecular flexibility index (Phi) is 5.66. The predicted octanol–water partition coefficient (Wildman–Crippen LogP) is 0.656. The van der Waals surface area contributed by atoms with Crippen molar-refractivity contribution in [2.24, 2.45) is 0 Å². The van der Waals surface area contributed by atoms with Crippen LogP contribution in [0.5, 0.6) is 0 Å². The average molecular weight is 241 g/mol. The second kappa shape index (κ2) is 5.70. The molecule has 0 radical (unpaired) electrons. The lowest BCUT2D eigenvalue weighted by Gasteiger charge is -2.25. The van der Waals surface area contributed by atoms with Gasteiger partial charge in [0.15, 0.2) is 0 Å². The molecule has 0 spiro atoms. The zero-order valence-electron chi connectivity index (χ0n) is 8.67. The van der Waals surface area contributed by atoms with Crippen molar-refractivity contribution < 1.29 is 8.42 Å². The highest BCUT2D eigenvalue weighted by molar-refractivity contribution is 7.88. The Hall–Kier alpha value is -0.100. The van der Waals surface area contributed by atoms with Crippen LogP contribution in [0.3, 0.4) is 0 Å². The van der Waals surface area contributed by atoms with Gasteiger partial charge in [-0.25, -0.2) is 13.1 Å². The first kappa shape index (κ1) is 13.9. The van der Waals surface area contributed by atoms with Gasteiger partial charge in [-0.2, -0.15) is 0 Å². The van der Waals surface area contributed by atoms with Gasteiger partial charge in [-0.05, 0) is 13.8 Å². The van der Waals surface area contributed by atoms with E-state index < -0.39 is 15.6 Å². The molecule has 0 saturated heterocycles. The van der Waals surface area contributed by atoms with Crippen LogP contribution in [0.4, 0.5) is 0 Å². The molecule has 0 aromatic rings. The van der Waals surface area contributed by atoms with Gasteiger partial charge in [-0.3, -0.25) is 0 Å². The molecular formula is C8H17ClN2O2S. The molecule has 6 heteroatoms. The van der Waals surface area contributed by atoms with Gasteiger partial charge in [-0.15, -0.1) is 0 Å². The van der Waals surface area contributed by atoms with Crippen molar-refractivity contribution in [2.45, 2.75) is 19.4 Å². The van der Waals surface area contributed by atoms with Crippen molar-refractivity contribution in [3.63, 3.8) is 0 Å². The first-order valence-corrected chi connectivity index (χ1v) is 6.54. The maximum absolute atomic E-state index is 11.0. The molecule has 0 unspecified atom stereocenters. The highest BCUT2D eigenvalue weighted by Crippen LogP contribution is 2.01. The van der Waals surface area contributed by atoms with E-state index in [1.807, 2.05) is 13.8 Å². The summed E-state index contributed by atoms with van der Waals surface area (Å²) in [6, 6.07) is 0. The third-order valence-electron chi connectivity index (χ3n) is 1.38. The fourth-order valence-electron chi connectivity index (χ4n) is 1.05. The zero-order valence-corrected chi connectivity index (χ0v) is 10.2. The van der Waals surface area contributed by atoms with Gasteiger partial charge in [0.2, 0.25) is 10.0 Å². The van der Waals surface area contributed by atoms with Crippen LogP contribution in [0.1, 0.15) is 13.8 Å². The lowest BCUT2D eigenvalue weighted by Crippen LogP contribution is -2.49. The summed E-state index contributed by atoms with van der Waals surface area (Å²) in [4.78, 5) is 0. The summed E-state index contributed by atoms with van der Waals surface area (Å²) < 4.78 is 24.4. The normalized spacial score (nSPS) is 13.7. The number of rotatable bonds is 6. The highest BCUT2D eigenvalue weighted by Gasteiger charge is 2.20. The van der Waals surface area contributed by atoms with Crippen LogP contribution in [0.2, 0.25) is 0 Å². The number of hydrogen-bond donors (Lipinski definition) is 2. The van der Waals surface area contributed by atoms with Crippen molar-refractivity contribution >= 4 is 21.6 Å². The first-order chi connectivity index (χ1) is 6.27. The van der Waals surface area contributed by atoms with Crippen molar-refractivity contribution in [3.8, 4) is 0 Å². The van der Waals surface area contributed by atoms with Crippen LogP contribution in [-0.4, -0.2) is 33.3 Å². The molecule has 0 aliphatic carbocycles. The van der Waals surface area contributed by atoms with Crippen molar-refractivity contribution in [2.75, 3.05) is 19.3 Å². The first-order valence-electron chi connectivity index (χ1n) is 4.22. The van der Waals surface area contributed by atoms with Crippen molar-refractivity contribution in [3.05, 3.63) is 11.6 Å². The summed E-state index contributed by atoms with van der Waals surface area (Å²) in [7, 11) is -3.16. The Morgan fingerprint density at radius 3 is 2.43 bits per heavy atom. The van der Waals surface area contributed by atoms with Gasteiger partial charge in [-0.1, -0.05) is 17.7 Å². The van der Waals surface area contributed by atoms with Crippen LogP contribution < -0.4 is 10.0 Å². The lowest BCUT2D eigenvalue weighted by molar-refractivity contribution is 0.430. The Balaban J connectivity index is 3.96. The van der Waals surface area contributed by atoms with Gasteiger partial charge in [0.05, 0.1) is 6.26 Å². The van der Waals surface area contributed by atoms with Crippen molar-refractivity contribution in [1.29, 1.82) is 0 Å². The van der Waals surface area contributed by atoms with Crippen molar-refractivity contribution in [1.82, 2.24) is 10.0 Å². The lowest BCUT2D eigenvalue weighted by atomic mass is 10.1. The zero-order chi connectivity index (χ0) is 11.2. The monoisotopic (exact) mass is 240 g/mol. The molecule has 0 aliphatic rings. The van der Waals surface area contributed by atoms with E-state index in [-0.39, 0.29) is 0 Å². The SMILES string of the molecule is CC(C)(CNC/C=C/Cl)NS(C)(=O)=O. The fourth-order valence-corrected chi connectivity index (χ4v) is 2.22. The molecule has 4 nitrogen and oxygen atoms in total. The molecule has 0 saturated carbocycles. The van der Waals surface area contributed by atoms with Gasteiger partial charge in [0, 0.05) is 24.2 Å². The van der Waals surface area contributed by atoms with Gasteiger partial charge < -0.3 is 5.32 Å². The van der Waals surface area contributed by atoms with E-state index in [2.05, 4.69) is 10.0 Å². The summed E-state index contributed by atoms with van der Waals surface area (Å²) in [5.74, 6) is 0. The van der Waals surface area contributed by atoms with E-state index in [4.69, 9.17) is 11.6 Å². The standard InChI is InChI=1S/C8H17ClN2O2S/c1-8(2,11-14(3,12)13)7-10-6-4-5-9/h4-5,10-11H,6-7H2,1-3H3/b5-4+. The second-order valence-corrected chi connectivity index (χ2v) is 5.75. The topological polar surface area (TPSA) is 58.2 Å². The van der Waals surface area contributed by atoms with Crippen LogP contribution in [0.25, 0.3) is 0 Å². The molecule has 2 N–H and O–H groups in total. The fraction of sp³-hybridized carbons (Fsp3) is 0.750. The molecular weight excluding hydrogens is 224 g/mol. The van der Waals surface area contributed by atoms with Crippen LogP contribution in [-0.2, 0) is 10.0 Å². The number of halogens is 1. The maximum Gasteiger partial charge on any atom is 0.209 e. The van der Waals surface area contributed by atoms with E-state index in [1.54, 1.807) is 6.08 Å². The summed E-state index contributed by atoms with van der Waals surface area (Å²) in [6.07, 6.45) is 2.89. The molecule has 0 fully saturated rings. The minimum absolute atomic E-state index is 0.492. The summed E-state index contributed by atoms with van der Waals surface area (Å²) in [6.45, 7) is 4.79. The van der Waals surface area contributed by atoms with Gasteiger partial charge in [0.1, 0.15) is 0 Å². The van der Waals surface area contributed by atoms with Gasteiger partial charge >= 0.3 is 0 Å². The smallest absolute Gasteiger partial charge is 0.209 e. The van der Waals surface area contributed by atoms with E-state index >= 15 is 0 Å². The molecule has 0 rings (SSSR count). The maximum atomic E-state index is 11.0. The molecule has 14 heavy (non-hydrogen) atoms. The highest BCUT2D eigenvalue weighted by atomic mass is 35.5. The van der Waals surface area contributed by atoms with E-state index in [0.29, 0.717) is 13.1 Å². The molecule has 0 heterocycles. The largest absolute Gasteiger partial charge is 0.311 e. The third kappa shape index (κ3) is 8.50. The predicted molar refractivity (Wildman–Crippen MR) is 59.9 cm³/mol. The van der Waals surface area contributed by atoms with Crippen LogP contribution in [0.15, 0.2) is 11.6 Å². The molecule has 84 valence electrons. The quantitative estimate of drug-likeness (QED) is 0.671. The van der Waals surface area contributed by atoms with Crippen LogP contribution in [0, 0.1) is 0 Å². The number of nitrogens with one attached hydrogen (secondary N) is 2. The molecule has 0 atom stereocenters. The van der Waals surface area contributed by atoms with Crippen LogP contribution >= 0.6 is 11.6 Å². The second-order valence-electron chi connectivity index (χ2n) is 3.75. The molecule has 0 amide bonds. The average Bonchev–Trinajstić information content (AvgIpc) is 1.93. The summed E-state index contributed by atoms with van der Waals surface area (Å²) >= 11 is 5.33. The minimum Gasteiger partial charge on any atom is -0.311 e. The molecule has 0 bridgehead atoms. The van der Waals surface area contributed by atoms with Gasteiger partial charge in [0.25, 0.3) is 0 Å². The van der Waals surface area contributed by atoms with E-state index in [1.165, 1.54) is 5.54 Å². The number of hydrogen-bond acceptors (Lipinski definition) is 3. The Morgan fingerprint density at radius 2 is 2.00 bits per heavy atom. The summed E-state index contributed by atoms with van der Waals surface area (Å²) in [5, 5.41) is 3.05. The Labute approximate surface area is 90.8 Å². The molecule has 0 aromatic carbocycles. The van der Waals surface area contributed by atoms with E-state index in [9.17, 15) is 8.42 Å². The summed E-state index contributed by atoms with van der Waals surface area (Å²) in [5.41, 5.74) is 0.928. The molecule has 0 aromatic heterocycles. The molecule has 0 aliphatic heterocycles. The van der Waals surface area contributed by atoms with E-state index in [0.717, 1.165) is 6.26 Å². The third-order valence-corrected chi connectivity index (χ3v) is 2.48. The Morgan fingerprint density at radius 1 is 1.43 bits per heavy atom. The minimum atomic E-state index is -3.16. The Bertz CT molecular complexity index is 286.